The highest BCUT2D eigenvalue weighted by Crippen LogP contribution is 2.34. The molecule has 3 aliphatic heterocycles. The fourth-order valence-corrected chi connectivity index (χ4v) is 4.40. The molecule has 1 N–H and O–H groups in total. The minimum absolute atomic E-state index is 0.0182. The highest BCUT2D eigenvalue weighted by molar-refractivity contribution is 5.95. The summed E-state index contributed by atoms with van der Waals surface area (Å²) in [5, 5.41) is 2.95. The number of likely N-dealkylation sites (tertiary alicyclic amines) is 1. The number of hydrogen-bond acceptors (Lipinski definition) is 6. The average Bonchev–Trinajstić information content (AvgIpc) is 3.54. The Morgan fingerprint density at radius 3 is 2.55 bits per heavy atom. The molecule has 0 aromatic heterocycles. The van der Waals surface area contributed by atoms with Crippen molar-refractivity contribution in [2.45, 2.75) is 31.8 Å². The van der Waals surface area contributed by atoms with Crippen LogP contribution in [0.3, 0.4) is 0 Å². The van der Waals surface area contributed by atoms with Gasteiger partial charge in [-0.05, 0) is 62.1 Å². The highest BCUT2D eigenvalue weighted by Gasteiger charge is 2.28. The number of carbonyl (C=O) groups excluding carboxylic acids is 2. The molecular weight excluding hydrogens is 424 g/mol. The van der Waals surface area contributed by atoms with E-state index in [1.54, 1.807) is 30.3 Å². The van der Waals surface area contributed by atoms with Gasteiger partial charge in [-0.3, -0.25) is 9.59 Å². The Balaban J connectivity index is 1.10. The number of carbonyl (C=O) groups is 2. The van der Waals surface area contributed by atoms with Crippen molar-refractivity contribution in [3.05, 3.63) is 48.0 Å². The molecule has 8 heteroatoms. The third kappa shape index (κ3) is 5.06. The number of amides is 2. The van der Waals surface area contributed by atoms with E-state index in [4.69, 9.17) is 18.9 Å². The van der Waals surface area contributed by atoms with Crippen LogP contribution < -0.4 is 19.5 Å². The van der Waals surface area contributed by atoms with Gasteiger partial charge in [0.05, 0.1) is 6.10 Å². The standard InChI is InChI=1S/C25H28N2O6/c28-24(26-19-5-8-22-23(14-19)33-16-32-22)17-9-11-27(12-10-17)25(29)18-3-6-20(7-4-18)31-15-21-2-1-13-30-21/h3-8,14,17,21H,1-2,9-13,15-16H2,(H,26,28)/t21-/m0/s1. The molecule has 8 nitrogen and oxygen atoms in total. The molecule has 0 bridgehead atoms. The lowest BCUT2D eigenvalue weighted by Gasteiger charge is -2.31. The Morgan fingerprint density at radius 1 is 1.00 bits per heavy atom. The van der Waals surface area contributed by atoms with Gasteiger partial charge in [0, 0.05) is 42.9 Å². The number of anilines is 1. The summed E-state index contributed by atoms with van der Waals surface area (Å²) in [6.07, 6.45) is 3.53. The summed E-state index contributed by atoms with van der Waals surface area (Å²) in [5.41, 5.74) is 1.31. The maximum atomic E-state index is 12.9. The predicted molar refractivity (Wildman–Crippen MR) is 121 cm³/mol. The topological polar surface area (TPSA) is 86.3 Å². The molecule has 2 aromatic rings. The van der Waals surface area contributed by atoms with E-state index in [2.05, 4.69) is 5.32 Å². The highest BCUT2D eigenvalue weighted by atomic mass is 16.7. The summed E-state index contributed by atoms with van der Waals surface area (Å²) in [5.74, 6) is 1.87. The third-order valence-electron chi connectivity index (χ3n) is 6.35. The van der Waals surface area contributed by atoms with Crippen LogP contribution in [0.1, 0.15) is 36.0 Å². The maximum Gasteiger partial charge on any atom is 0.253 e. The minimum Gasteiger partial charge on any atom is -0.491 e. The minimum atomic E-state index is -0.131. The Bertz CT molecular complexity index is 994. The smallest absolute Gasteiger partial charge is 0.253 e. The van der Waals surface area contributed by atoms with Crippen molar-refractivity contribution < 1.29 is 28.5 Å². The van der Waals surface area contributed by atoms with Gasteiger partial charge in [-0.15, -0.1) is 0 Å². The van der Waals surface area contributed by atoms with Crippen molar-refractivity contribution in [3.63, 3.8) is 0 Å². The number of rotatable bonds is 6. The van der Waals surface area contributed by atoms with E-state index in [-0.39, 0.29) is 30.6 Å². The second-order valence-corrected chi connectivity index (χ2v) is 8.59. The normalized spacial score (nSPS) is 20.0. The summed E-state index contributed by atoms with van der Waals surface area (Å²) in [6.45, 7) is 2.64. The summed E-state index contributed by atoms with van der Waals surface area (Å²) in [7, 11) is 0. The molecule has 5 rings (SSSR count). The third-order valence-corrected chi connectivity index (χ3v) is 6.35. The van der Waals surface area contributed by atoms with Crippen molar-refractivity contribution in [2.75, 3.05) is 38.4 Å². The molecule has 1 atom stereocenters. The molecule has 2 aromatic carbocycles. The van der Waals surface area contributed by atoms with E-state index in [1.807, 2.05) is 17.0 Å². The molecule has 0 saturated carbocycles. The van der Waals surface area contributed by atoms with Crippen LogP contribution in [0.5, 0.6) is 17.2 Å². The first kappa shape index (κ1) is 21.6. The molecule has 0 spiro atoms. The zero-order valence-electron chi connectivity index (χ0n) is 18.5. The quantitative estimate of drug-likeness (QED) is 0.722. The summed E-state index contributed by atoms with van der Waals surface area (Å²) in [6, 6.07) is 12.6. The van der Waals surface area contributed by atoms with Crippen LogP contribution in [0.15, 0.2) is 42.5 Å². The Labute approximate surface area is 192 Å². The van der Waals surface area contributed by atoms with Gasteiger partial charge in [0.25, 0.3) is 5.91 Å². The first-order valence-electron chi connectivity index (χ1n) is 11.5. The maximum absolute atomic E-state index is 12.9. The van der Waals surface area contributed by atoms with E-state index >= 15 is 0 Å². The zero-order valence-corrected chi connectivity index (χ0v) is 18.5. The van der Waals surface area contributed by atoms with Crippen LogP contribution in [-0.4, -0.2) is 55.9 Å². The first-order chi connectivity index (χ1) is 16.2. The number of hydrogen-bond donors (Lipinski definition) is 1. The predicted octanol–water partition coefficient (Wildman–Crippen LogP) is 3.46. The molecule has 0 aliphatic carbocycles. The fourth-order valence-electron chi connectivity index (χ4n) is 4.40. The lowest BCUT2D eigenvalue weighted by atomic mass is 9.95. The second-order valence-electron chi connectivity index (χ2n) is 8.59. The van der Waals surface area contributed by atoms with E-state index in [1.165, 1.54) is 0 Å². The van der Waals surface area contributed by atoms with Crippen LogP contribution in [0.25, 0.3) is 0 Å². The number of ether oxygens (including phenoxy) is 4. The molecule has 33 heavy (non-hydrogen) atoms. The summed E-state index contributed by atoms with van der Waals surface area (Å²) < 4.78 is 22.0. The Hall–Kier alpha value is -3.26. The van der Waals surface area contributed by atoms with E-state index < -0.39 is 0 Å². The molecular formula is C25H28N2O6. The summed E-state index contributed by atoms with van der Waals surface area (Å²) >= 11 is 0. The van der Waals surface area contributed by atoms with Crippen LogP contribution in [0.2, 0.25) is 0 Å². The van der Waals surface area contributed by atoms with Crippen molar-refractivity contribution in [3.8, 4) is 17.2 Å². The molecule has 2 fully saturated rings. The number of nitrogens with one attached hydrogen (secondary N) is 1. The number of fused-ring (bicyclic) bond motifs is 1. The van der Waals surface area contributed by atoms with Crippen molar-refractivity contribution >= 4 is 17.5 Å². The largest absolute Gasteiger partial charge is 0.491 e. The van der Waals surface area contributed by atoms with Crippen LogP contribution in [-0.2, 0) is 9.53 Å². The van der Waals surface area contributed by atoms with Gasteiger partial charge >= 0.3 is 0 Å². The zero-order chi connectivity index (χ0) is 22.6. The lowest BCUT2D eigenvalue weighted by Crippen LogP contribution is -2.41. The van der Waals surface area contributed by atoms with Crippen LogP contribution >= 0.6 is 0 Å². The monoisotopic (exact) mass is 452 g/mol. The van der Waals surface area contributed by atoms with E-state index in [0.717, 1.165) is 25.2 Å². The van der Waals surface area contributed by atoms with Gasteiger partial charge in [-0.25, -0.2) is 0 Å². The average molecular weight is 453 g/mol. The van der Waals surface area contributed by atoms with Crippen molar-refractivity contribution in [1.82, 2.24) is 4.90 Å². The first-order valence-corrected chi connectivity index (χ1v) is 11.5. The SMILES string of the molecule is O=C(Nc1ccc2c(c1)OCO2)C1CCN(C(=O)c2ccc(OC[C@@H]3CCCO3)cc2)CC1. The van der Waals surface area contributed by atoms with E-state index in [9.17, 15) is 9.59 Å². The summed E-state index contributed by atoms with van der Waals surface area (Å²) in [4.78, 5) is 27.4. The Morgan fingerprint density at radius 2 is 1.79 bits per heavy atom. The van der Waals surface area contributed by atoms with Gasteiger partial charge in [0.1, 0.15) is 12.4 Å². The number of benzene rings is 2. The lowest BCUT2D eigenvalue weighted by molar-refractivity contribution is -0.121. The molecule has 3 aliphatic rings. The molecule has 2 saturated heterocycles. The van der Waals surface area contributed by atoms with Gasteiger partial charge < -0.3 is 29.2 Å². The number of nitrogens with zero attached hydrogens (tertiary/aromatic N) is 1. The number of piperidine rings is 1. The second kappa shape index (κ2) is 9.70. The van der Waals surface area contributed by atoms with Crippen molar-refractivity contribution in [2.24, 2.45) is 5.92 Å². The van der Waals surface area contributed by atoms with Gasteiger partial charge in [-0.1, -0.05) is 0 Å². The van der Waals surface area contributed by atoms with Gasteiger partial charge in [-0.2, -0.15) is 0 Å². The fraction of sp³-hybridized carbons (Fsp3) is 0.440. The van der Waals surface area contributed by atoms with Gasteiger partial charge in [0.15, 0.2) is 11.5 Å². The molecule has 0 radical (unpaired) electrons. The van der Waals surface area contributed by atoms with Crippen LogP contribution in [0.4, 0.5) is 5.69 Å². The van der Waals surface area contributed by atoms with Crippen LogP contribution in [0, 0.1) is 5.92 Å². The van der Waals surface area contributed by atoms with E-state index in [0.29, 0.717) is 55.3 Å². The molecule has 2 amide bonds. The molecule has 174 valence electrons. The van der Waals surface area contributed by atoms with Crippen molar-refractivity contribution in [1.29, 1.82) is 0 Å². The Kier molecular flexibility index (Phi) is 6.35. The molecule has 3 heterocycles. The molecule has 0 unspecified atom stereocenters. The van der Waals surface area contributed by atoms with Gasteiger partial charge in [0.2, 0.25) is 12.7 Å².